The molecule has 0 bridgehead atoms. The minimum atomic E-state index is -0.429. The largest absolute Gasteiger partial charge is 0.332 e. The minimum Gasteiger partial charge on any atom is -0.311 e. The molecule has 2 aromatic heterocycles. The molecule has 27 heavy (non-hydrogen) atoms. The molecule has 0 saturated carbocycles. The lowest BCUT2D eigenvalue weighted by Crippen LogP contribution is -2.43. The molecule has 0 N–H and O–H groups in total. The van der Waals surface area contributed by atoms with Gasteiger partial charge < -0.3 is 4.90 Å². The van der Waals surface area contributed by atoms with E-state index in [0.717, 1.165) is 11.3 Å². The molecule has 0 aliphatic carbocycles. The predicted molar refractivity (Wildman–Crippen MR) is 110 cm³/mol. The normalized spacial score (nSPS) is 11.1. The van der Waals surface area contributed by atoms with Gasteiger partial charge >= 0.3 is 5.69 Å². The molecule has 0 spiro atoms. The number of hydrogen-bond acceptors (Lipinski definition) is 4. The molecule has 0 atom stereocenters. The van der Waals surface area contributed by atoms with Gasteiger partial charge in [-0.3, -0.25) is 18.7 Å². The molecule has 1 aromatic carbocycles. The van der Waals surface area contributed by atoms with Crippen molar-refractivity contribution in [3.8, 4) is 0 Å². The van der Waals surface area contributed by atoms with Crippen LogP contribution in [-0.2, 0) is 17.9 Å². The number of aromatic nitrogens is 2. The van der Waals surface area contributed by atoms with E-state index < -0.39 is 5.69 Å². The molecule has 0 fully saturated rings. The van der Waals surface area contributed by atoms with E-state index >= 15 is 0 Å². The van der Waals surface area contributed by atoms with Crippen molar-refractivity contribution >= 4 is 33.1 Å². The second kappa shape index (κ2) is 7.92. The van der Waals surface area contributed by atoms with Crippen LogP contribution in [0.3, 0.4) is 0 Å². The Morgan fingerprint density at radius 3 is 2.59 bits per heavy atom. The van der Waals surface area contributed by atoms with Crippen LogP contribution in [0.2, 0.25) is 0 Å². The lowest BCUT2D eigenvalue weighted by molar-refractivity contribution is -0.119. The first-order valence-corrected chi connectivity index (χ1v) is 9.93. The summed E-state index contributed by atoms with van der Waals surface area (Å²) in [5, 5.41) is 1.78. The van der Waals surface area contributed by atoms with Crippen LogP contribution in [-0.4, -0.2) is 21.6 Å². The van der Waals surface area contributed by atoms with Gasteiger partial charge in [-0.1, -0.05) is 19.1 Å². The van der Waals surface area contributed by atoms with Crippen LogP contribution in [0.15, 0.2) is 45.3 Å². The zero-order valence-electron chi connectivity index (χ0n) is 15.8. The van der Waals surface area contributed by atoms with E-state index in [4.69, 9.17) is 0 Å². The van der Waals surface area contributed by atoms with Gasteiger partial charge in [0, 0.05) is 18.8 Å². The molecule has 3 rings (SSSR count). The highest BCUT2D eigenvalue weighted by Gasteiger charge is 2.19. The summed E-state index contributed by atoms with van der Waals surface area (Å²) in [4.78, 5) is 40.1. The summed E-state index contributed by atoms with van der Waals surface area (Å²) in [6.07, 6.45) is 0.671. The lowest BCUT2D eigenvalue weighted by Gasteiger charge is -2.22. The average Bonchev–Trinajstić information content (AvgIpc) is 3.13. The third kappa shape index (κ3) is 3.60. The van der Waals surface area contributed by atoms with Gasteiger partial charge in [-0.15, -0.1) is 11.3 Å². The van der Waals surface area contributed by atoms with Crippen LogP contribution in [0.25, 0.3) is 10.2 Å². The first-order chi connectivity index (χ1) is 13.0. The van der Waals surface area contributed by atoms with Gasteiger partial charge in [0.2, 0.25) is 5.91 Å². The maximum Gasteiger partial charge on any atom is 0.332 e. The molecule has 0 aliphatic heterocycles. The molecule has 2 heterocycles. The minimum absolute atomic E-state index is 0.0994. The smallest absolute Gasteiger partial charge is 0.311 e. The summed E-state index contributed by atoms with van der Waals surface area (Å²) in [6.45, 7) is 6.53. The lowest BCUT2D eigenvalue weighted by atomic mass is 10.2. The molecule has 142 valence electrons. The average molecular weight is 385 g/mol. The van der Waals surface area contributed by atoms with Gasteiger partial charge in [0.1, 0.15) is 11.2 Å². The van der Waals surface area contributed by atoms with Crippen LogP contribution in [0.1, 0.15) is 25.8 Å². The number of rotatable bonds is 6. The van der Waals surface area contributed by atoms with Gasteiger partial charge in [0.05, 0.1) is 5.52 Å². The monoisotopic (exact) mass is 385 g/mol. The van der Waals surface area contributed by atoms with Crippen molar-refractivity contribution in [1.82, 2.24) is 9.13 Å². The van der Waals surface area contributed by atoms with E-state index in [-0.39, 0.29) is 18.0 Å². The molecule has 0 aliphatic rings. The molecule has 0 saturated heterocycles. The van der Waals surface area contributed by atoms with Crippen molar-refractivity contribution in [2.24, 2.45) is 0 Å². The highest BCUT2D eigenvalue weighted by atomic mass is 32.1. The first kappa shape index (κ1) is 19.1. The van der Waals surface area contributed by atoms with Crippen LogP contribution >= 0.6 is 11.3 Å². The van der Waals surface area contributed by atoms with Crippen LogP contribution in [0, 0.1) is 6.92 Å². The number of fused-ring (bicyclic) bond motifs is 1. The number of aryl methyl sites for hydroxylation is 1. The van der Waals surface area contributed by atoms with Crippen molar-refractivity contribution in [3.05, 3.63) is 62.1 Å². The summed E-state index contributed by atoms with van der Waals surface area (Å²) in [5.41, 5.74) is 1.69. The third-order valence-electron chi connectivity index (χ3n) is 4.51. The Morgan fingerprint density at radius 1 is 1.15 bits per heavy atom. The number of benzene rings is 1. The van der Waals surface area contributed by atoms with Crippen molar-refractivity contribution < 1.29 is 4.79 Å². The fourth-order valence-corrected chi connectivity index (χ4v) is 4.07. The maximum absolute atomic E-state index is 13.0. The second-order valence-electron chi connectivity index (χ2n) is 6.44. The van der Waals surface area contributed by atoms with E-state index in [1.54, 1.807) is 16.3 Å². The number of carbonyl (C=O) groups is 1. The third-order valence-corrected chi connectivity index (χ3v) is 5.40. The zero-order chi connectivity index (χ0) is 19.6. The zero-order valence-corrected chi connectivity index (χ0v) is 16.6. The number of amides is 1. The Labute approximate surface area is 161 Å². The fourth-order valence-electron chi connectivity index (χ4n) is 3.23. The number of hydrogen-bond donors (Lipinski definition) is 0. The number of likely N-dealkylation sites (N-methyl/N-ethyl adjacent to an activating group) is 1. The fraction of sp³-hybridized carbons (Fsp3) is 0.350. The topological polar surface area (TPSA) is 64.3 Å². The number of nitrogens with zero attached hydrogens (tertiary/aromatic N) is 3. The Hall–Kier alpha value is -2.67. The highest BCUT2D eigenvalue weighted by molar-refractivity contribution is 7.17. The van der Waals surface area contributed by atoms with Gasteiger partial charge in [-0.25, -0.2) is 4.79 Å². The van der Waals surface area contributed by atoms with Crippen molar-refractivity contribution in [2.75, 3.05) is 11.4 Å². The first-order valence-electron chi connectivity index (χ1n) is 9.05. The molecule has 3 aromatic rings. The van der Waals surface area contributed by atoms with E-state index in [1.807, 2.05) is 45.0 Å². The van der Waals surface area contributed by atoms with E-state index in [0.29, 0.717) is 29.7 Å². The summed E-state index contributed by atoms with van der Waals surface area (Å²) in [5.74, 6) is -0.181. The molecule has 1 amide bonds. The number of thiophene rings is 1. The summed E-state index contributed by atoms with van der Waals surface area (Å²) < 4.78 is 3.16. The molecule has 0 radical (unpaired) electrons. The highest BCUT2D eigenvalue weighted by Crippen LogP contribution is 2.18. The predicted octanol–water partition coefficient (Wildman–Crippen LogP) is 3.00. The van der Waals surface area contributed by atoms with E-state index in [9.17, 15) is 14.4 Å². The van der Waals surface area contributed by atoms with E-state index in [1.165, 1.54) is 20.5 Å². The van der Waals surface area contributed by atoms with Crippen molar-refractivity contribution in [2.45, 2.75) is 40.3 Å². The SMILES string of the molecule is CCCn1c(=O)c2sccc2n(CC(=O)N(CC)c2cccc(C)c2)c1=O. The van der Waals surface area contributed by atoms with Crippen LogP contribution in [0.5, 0.6) is 0 Å². The maximum atomic E-state index is 13.0. The molecule has 0 unspecified atom stereocenters. The molecular formula is C20H23N3O3S. The van der Waals surface area contributed by atoms with Gasteiger partial charge in [0.15, 0.2) is 0 Å². The standard InChI is InChI=1S/C20H23N3O3S/c1-4-10-22-19(25)18-16(9-11-27-18)23(20(22)26)13-17(24)21(5-2)15-8-6-7-14(3)12-15/h6-9,11-12H,4-5,10,13H2,1-3H3. The molecule has 6 nitrogen and oxygen atoms in total. The Balaban J connectivity index is 2.05. The van der Waals surface area contributed by atoms with E-state index in [2.05, 4.69) is 0 Å². The van der Waals surface area contributed by atoms with Gasteiger partial charge in [-0.05, 0) is 49.4 Å². The summed E-state index contributed by atoms with van der Waals surface area (Å²) >= 11 is 1.30. The van der Waals surface area contributed by atoms with Crippen molar-refractivity contribution in [1.29, 1.82) is 0 Å². The van der Waals surface area contributed by atoms with Gasteiger partial charge in [-0.2, -0.15) is 0 Å². The molecule has 7 heteroatoms. The quantitative estimate of drug-likeness (QED) is 0.655. The number of carbonyl (C=O) groups excluding carboxylic acids is 1. The summed E-state index contributed by atoms with van der Waals surface area (Å²) in [7, 11) is 0. The Bertz CT molecular complexity index is 1090. The number of anilines is 1. The Morgan fingerprint density at radius 2 is 1.93 bits per heavy atom. The van der Waals surface area contributed by atoms with Crippen LogP contribution < -0.4 is 16.1 Å². The summed E-state index contributed by atoms with van der Waals surface area (Å²) in [6, 6.07) is 9.44. The molecular weight excluding hydrogens is 362 g/mol. The van der Waals surface area contributed by atoms with Crippen LogP contribution in [0.4, 0.5) is 5.69 Å². The Kier molecular flexibility index (Phi) is 5.60. The van der Waals surface area contributed by atoms with Gasteiger partial charge in [0.25, 0.3) is 5.56 Å². The second-order valence-corrected chi connectivity index (χ2v) is 7.35. The van der Waals surface area contributed by atoms with Crippen molar-refractivity contribution in [3.63, 3.8) is 0 Å².